The summed E-state index contributed by atoms with van der Waals surface area (Å²) in [5.41, 5.74) is 5.00. The van der Waals surface area contributed by atoms with Crippen LogP contribution in [0.5, 0.6) is 5.75 Å². The Labute approximate surface area is 198 Å². The highest BCUT2D eigenvalue weighted by Gasteiger charge is 2.28. The second-order valence-corrected chi connectivity index (χ2v) is 9.51. The van der Waals surface area contributed by atoms with Gasteiger partial charge in [-0.05, 0) is 49.7 Å². The van der Waals surface area contributed by atoms with Gasteiger partial charge >= 0.3 is 0 Å². The molecule has 0 aromatic heterocycles. The van der Waals surface area contributed by atoms with E-state index in [2.05, 4.69) is 10.5 Å². The second kappa shape index (κ2) is 10.5. The number of hydrazone groups is 1. The van der Waals surface area contributed by atoms with E-state index in [-0.39, 0.29) is 15.6 Å². The Hall–Kier alpha value is -3.36. The number of hydrogen-bond acceptors (Lipinski definition) is 5. The zero-order valence-electron chi connectivity index (χ0n) is 18.4. The van der Waals surface area contributed by atoms with E-state index >= 15 is 0 Å². The minimum Gasteiger partial charge on any atom is -0.495 e. The van der Waals surface area contributed by atoms with E-state index in [4.69, 9.17) is 16.3 Å². The highest BCUT2D eigenvalue weighted by atomic mass is 35.5. The number of carbonyl (C=O) groups excluding carboxylic acids is 1. The third-order valence-corrected chi connectivity index (χ3v) is 6.94. The number of carbonyl (C=O) groups is 1. The Bertz CT molecular complexity index is 1260. The van der Waals surface area contributed by atoms with Crippen LogP contribution in [0.3, 0.4) is 0 Å². The predicted molar refractivity (Wildman–Crippen MR) is 131 cm³/mol. The van der Waals surface area contributed by atoms with E-state index in [1.54, 1.807) is 25.1 Å². The fourth-order valence-electron chi connectivity index (χ4n) is 3.02. The first kappa shape index (κ1) is 24.3. The number of halogens is 1. The normalized spacial score (nSPS) is 11.7. The highest BCUT2D eigenvalue weighted by Crippen LogP contribution is 2.31. The second-order valence-electron chi connectivity index (χ2n) is 7.24. The smallest absolute Gasteiger partial charge is 0.264 e. The maximum Gasteiger partial charge on any atom is 0.264 e. The lowest BCUT2D eigenvalue weighted by Crippen LogP contribution is -2.39. The van der Waals surface area contributed by atoms with Crippen molar-refractivity contribution in [2.24, 2.45) is 5.10 Å². The summed E-state index contributed by atoms with van der Waals surface area (Å²) in [7, 11) is -2.61. The molecule has 3 rings (SSSR count). The molecule has 0 spiro atoms. The van der Waals surface area contributed by atoms with E-state index in [0.29, 0.717) is 11.5 Å². The predicted octanol–water partition coefficient (Wildman–Crippen LogP) is 4.39. The molecule has 0 aliphatic carbocycles. The van der Waals surface area contributed by atoms with Gasteiger partial charge in [0.1, 0.15) is 12.3 Å². The van der Waals surface area contributed by atoms with Gasteiger partial charge in [-0.25, -0.2) is 13.8 Å². The van der Waals surface area contributed by atoms with Crippen LogP contribution in [0.4, 0.5) is 5.69 Å². The number of ether oxygens (including phenoxy) is 1. The largest absolute Gasteiger partial charge is 0.495 e. The third-order valence-electron chi connectivity index (χ3n) is 4.86. The van der Waals surface area contributed by atoms with Gasteiger partial charge in [0.15, 0.2) is 0 Å². The summed E-state index contributed by atoms with van der Waals surface area (Å²) < 4.78 is 33.0. The Morgan fingerprint density at radius 1 is 1.06 bits per heavy atom. The van der Waals surface area contributed by atoms with Gasteiger partial charge in [-0.15, -0.1) is 0 Å². The quantitative estimate of drug-likeness (QED) is 0.378. The minimum atomic E-state index is -4.07. The third kappa shape index (κ3) is 5.91. The van der Waals surface area contributed by atoms with Crippen molar-refractivity contribution >= 4 is 38.9 Å². The summed E-state index contributed by atoms with van der Waals surface area (Å²) in [5.74, 6) is -0.214. The Kier molecular flexibility index (Phi) is 7.73. The summed E-state index contributed by atoms with van der Waals surface area (Å²) in [6.45, 7) is 3.11. The van der Waals surface area contributed by atoms with Crippen LogP contribution in [0.1, 0.15) is 18.1 Å². The molecule has 0 saturated carbocycles. The number of aryl methyl sites for hydroxylation is 1. The molecule has 0 bridgehead atoms. The molecule has 1 N–H and O–H groups in total. The number of methoxy groups -OCH3 is 1. The minimum absolute atomic E-state index is 0.0526. The summed E-state index contributed by atoms with van der Waals surface area (Å²) in [4.78, 5) is 12.8. The van der Waals surface area contributed by atoms with Crippen LogP contribution in [0.15, 0.2) is 82.8 Å². The molecular weight excluding hydrogens is 462 g/mol. The molecule has 0 saturated heterocycles. The Balaban J connectivity index is 1.92. The molecule has 172 valence electrons. The van der Waals surface area contributed by atoms with Crippen molar-refractivity contribution < 1.29 is 17.9 Å². The number of anilines is 1. The first-order chi connectivity index (χ1) is 15.7. The number of nitrogens with zero attached hydrogens (tertiary/aromatic N) is 2. The van der Waals surface area contributed by atoms with E-state index in [1.807, 2.05) is 37.3 Å². The summed E-state index contributed by atoms with van der Waals surface area (Å²) in [5, 5.41) is 4.32. The van der Waals surface area contributed by atoms with Crippen LogP contribution < -0.4 is 14.5 Å². The van der Waals surface area contributed by atoms with E-state index in [9.17, 15) is 13.2 Å². The molecule has 0 atom stereocenters. The maximum absolute atomic E-state index is 13.4. The van der Waals surface area contributed by atoms with Gasteiger partial charge in [0.2, 0.25) is 0 Å². The zero-order chi connectivity index (χ0) is 24.0. The fraction of sp³-hybridized carbons (Fsp3) is 0.167. The molecule has 1 amide bonds. The number of hydrogen-bond donors (Lipinski definition) is 1. The van der Waals surface area contributed by atoms with Gasteiger partial charge in [0, 0.05) is 0 Å². The van der Waals surface area contributed by atoms with Crippen molar-refractivity contribution in [3.8, 4) is 5.75 Å². The summed E-state index contributed by atoms with van der Waals surface area (Å²) in [6.07, 6.45) is 0. The lowest BCUT2D eigenvalue weighted by molar-refractivity contribution is -0.119. The van der Waals surface area contributed by atoms with Crippen LogP contribution in [-0.2, 0) is 14.8 Å². The number of benzene rings is 3. The molecule has 0 radical (unpaired) electrons. The molecule has 0 heterocycles. The number of sulfonamides is 1. The maximum atomic E-state index is 13.4. The van der Waals surface area contributed by atoms with E-state index < -0.39 is 22.5 Å². The van der Waals surface area contributed by atoms with Crippen molar-refractivity contribution in [3.63, 3.8) is 0 Å². The average Bonchev–Trinajstić information content (AvgIpc) is 2.81. The van der Waals surface area contributed by atoms with Gasteiger partial charge in [-0.1, -0.05) is 59.6 Å². The van der Waals surface area contributed by atoms with Gasteiger partial charge in [0.05, 0.1) is 28.4 Å². The molecule has 0 aliphatic heterocycles. The van der Waals surface area contributed by atoms with E-state index in [1.165, 1.54) is 31.4 Å². The van der Waals surface area contributed by atoms with Crippen molar-refractivity contribution in [1.82, 2.24) is 5.43 Å². The molecule has 3 aromatic carbocycles. The molecule has 3 aromatic rings. The van der Waals surface area contributed by atoms with E-state index in [0.717, 1.165) is 15.4 Å². The molecule has 0 aliphatic rings. The molecule has 7 nitrogen and oxygen atoms in total. The first-order valence-electron chi connectivity index (χ1n) is 10.0. The van der Waals surface area contributed by atoms with Crippen molar-refractivity contribution in [2.75, 3.05) is 18.0 Å². The molecule has 9 heteroatoms. The van der Waals surface area contributed by atoms with Crippen LogP contribution in [-0.4, -0.2) is 33.7 Å². The highest BCUT2D eigenvalue weighted by molar-refractivity contribution is 7.92. The summed E-state index contributed by atoms with van der Waals surface area (Å²) >= 11 is 6.23. The van der Waals surface area contributed by atoms with Gasteiger partial charge < -0.3 is 4.74 Å². The van der Waals surface area contributed by atoms with Gasteiger partial charge in [0.25, 0.3) is 15.9 Å². The van der Waals surface area contributed by atoms with Crippen LogP contribution in [0.25, 0.3) is 0 Å². The van der Waals surface area contributed by atoms with Crippen molar-refractivity contribution in [1.29, 1.82) is 0 Å². The van der Waals surface area contributed by atoms with Crippen molar-refractivity contribution in [2.45, 2.75) is 18.7 Å². The first-order valence-corrected chi connectivity index (χ1v) is 11.9. The lowest BCUT2D eigenvalue weighted by atomic mass is 10.1. The number of rotatable bonds is 8. The number of amides is 1. The zero-order valence-corrected chi connectivity index (χ0v) is 20.0. The molecule has 0 fully saturated rings. The standard InChI is InChI=1S/C24H24ClN3O4S/c1-17-9-12-21(13-10-17)33(30,31)28(20-11-14-23(32-3)22(25)15-20)16-24(29)27-26-18(2)19-7-5-4-6-8-19/h4-15H,16H2,1-3H3,(H,27,29)/b26-18-. The fourth-order valence-corrected chi connectivity index (χ4v) is 4.68. The van der Waals surface area contributed by atoms with Gasteiger partial charge in [-0.2, -0.15) is 5.10 Å². The molecule has 33 heavy (non-hydrogen) atoms. The molecule has 0 unspecified atom stereocenters. The topological polar surface area (TPSA) is 88.1 Å². The average molecular weight is 486 g/mol. The van der Waals surface area contributed by atoms with Gasteiger partial charge in [-0.3, -0.25) is 9.10 Å². The molecular formula is C24H24ClN3O4S. The van der Waals surface area contributed by atoms with Crippen LogP contribution in [0, 0.1) is 6.92 Å². The summed E-state index contributed by atoms with van der Waals surface area (Å²) in [6, 6.07) is 20.2. The van der Waals surface area contributed by atoms with Crippen LogP contribution in [0.2, 0.25) is 5.02 Å². The lowest BCUT2D eigenvalue weighted by Gasteiger charge is -2.24. The Morgan fingerprint density at radius 3 is 2.33 bits per heavy atom. The van der Waals surface area contributed by atoms with Crippen molar-refractivity contribution in [3.05, 3.63) is 88.9 Å². The Morgan fingerprint density at radius 2 is 1.73 bits per heavy atom. The number of nitrogens with one attached hydrogen (secondary N) is 1. The SMILES string of the molecule is COc1ccc(N(CC(=O)N/N=C(/C)c2ccccc2)S(=O)(=O)c2ccc(C)cc2)cc1Cl. The monoisotopic (exact) mass is 485 g/mol. The van der Waals surface area contributed by atoms with Crippen LogP contribution >= 0.6 is 11.6 Å².